The van der Waals surface area contributed by atoms with Gasteiger partial charge < -0.3 is 10.5 Å². The summed E-state index contributed by atoms with van der Waals surface area (Å²) < 4.78 is 99.6. The molecule has 0 saturated carbocycles. The zero-order valence-electron chi connectivity index (χ0n) is 16.9. The molecule has 32 heavy (non-hydrogen) atoms. The van der Waals surface area contributed by atoms with Crippen molar-refractivity contribution in [3.05, 3.63) is 52.9 Å². The van der Waals surface area contributed by atoms with E-state index in [1.54, 1.807) is 0 Å². The van der Waals surface area contributed by atoms with Gasteiger partial charge in [0.1, 0.15) is 17.7 Å². The number of rotatable bonds is 4. The van der Waals surface area contributed by atoms with Crippen LogP contribution in [0.25, 0.3) is 0 Å². The molecule has 1 aromatic heterocycles. The van der Waals surface area contributed by atoms with Gasteiger partial charge in [0.05, 0.1) is 11.4 Å². The number of nitrogens with two attached hydrogens (primary N) is 1. The highest BCUT2D eigenvalue weighted by atomic mass is 32.2. The molecule has 1 saturated heterocycles. The largest absolute Gasteiger partial charge is 0.416 e. The maximum atomic E-state index is 14.2. The van der Waals surface area contributed by atoms with Crippen LogP contribution in [0.5, 0.6) is 0 Å². The fourth-order valence-electron chi connectivity index (χ4n) is 4.21. The van der Waals surface area contributed by atoms with Gasteiger partial charge in [-0.2, -0.15) is 22.4 Å². The molecule has 3 heterocycles. The van der Waals surface area contributed by atoms with Crippen molar-refractivity contribution < 1.29 is 35.1 Å². The van der Waals surface area contributed by atoms with Crippen LogP contribution in [0.3, 0.4) is 0 Å². The van der Waals surface area contributed by atoms with Crippen LogP contribution < -0.4 is 5.73 Å². The van der Waals surface area contributed by atoms with Crippen molar-refractivity contribution in [1.29, 1.82) is 0 Å². The highest BCUT2D eigenvalue weighted by Gasteiger charge is 2.54. The lowest BCUT2D eigenvalue weighted by molar-refractivity contribution is -0.269. The Labute approximate surface area is 181 Å². The minimum Gasteiger partial charge on any atom is -0.357 e. The van der Waals surface area contributed by atoms with Gasteiger partial charge in [0.2, 0.25) is 0 Å². The fourth-order valence-corrected chi connectivity index (χ4v) is 4.98. The van der Waals surface area contributed by atoms with E-state index in [9.17, 15) is 30.4 Å². The van der Waals surface area contributed by atoms with E-state index in [0.717, 1.165) is 22.3 Å². The molecule has 13 heteroatoms. The molecule has 2 aliphatic rings. The zero-order valence-corrected chi connectivity index (χ0v) is 17.7. The lowest BCUT2D eigenvalue weighted by atomic mass is 9.89. The SMILES string of the molecule is CCS(=O)(=O)n1cc2c(n1)CN(C1CC(N)[C@@H](c3cc(F)ccc3F)OC1C(F)(F)F)C2. The van der Waals surface area contributed by atoms with Gasteiger partial charge in [-0.15, -0.1) is 0 Å². The minimum absolute atomic E-state index is 0.0200. The Morgan fingerprint density at radius 3 is 2.59 bits per heavy atom. The minimum atomic E-state index is -4.79. The molecular formula is C19H21F5N4O3S. The van der Waals surface area contributed by atoms with Crippen molar-refractivity contribution in [3.8, 4) is 0 Å². The van der Waals surface area contributed by atoms with E-state index in [2.05, 4.69) is 5.10 Å². The van der Waals surface area contributed by atoms with Gasteiger partial charge in [-0.1, -0.05) is 0 Å². The van der Waals surface area contributed by atoms with Crippen molar-refractivity contribution >= 4 is 10.0 Å². The first-order valence-corrected chi connectivity index (χ1v) is 11.5. The molecule has 0 bridgehead atoms. The van der Waals surface area contributed by atoms with Crippen molar-refractivity contribution in [2.24, 2.45) is 5.73 Å². The van der Waals surface area contributed by atoms with Crippen LogP contribution in [0.4, 0.5) is 22.0 Å². The van der Waals surface area contributed by atoms with Gasteiger partial charge in [0.25, 0.3) is 10.0 Å². The lowest BCUT2D eigenvalue weighted by Crippen LogP contribution is -2.58. The van der Waals surface area contributed by atoms with Crippen LogP contribution in [0.15, 0.2) is 24.4 Å². The Morgan fingerprint density at radius 1 is 1.25 bits per heavy atom. The van der Waals surface area contributed by atoms with Gasteiger partial charge >= 0.3 is 6.18 Å². The summed E-state index contributed by atoms with van der Waals surface area (Å²) in [5.74, 6) is -1.89. The second kappa shape index (κ2) is 8.04. The van der Waals surface area contributed by atoms with Gasteiger partial charge in [-0.25, -0.2) is 17.2 Å². The molecule has 0 radical (unpaired) electrons. The molecule has 2 N–H and O–H groups in total. The molecule has 0 spiro atoms. The van der Waals surface area contributed by atoms with Crippen LogP contribution in [-0.2, 0) is 27.8 Å². The van der Waals surface area contributed by atoms with Crippen molar-refractivity contribution in [1.82, 2.24) is 14.1 Å². The predicted molar refractivity (Wildman–Crippen MR) is 103 cm³/mol. The monoisotopic (exact) mass is 480 g/mol. The molecule has 0 amide bonds. The third-order valence-corrected chi connectivity index (χ3v) is 7.32. The molecule has 2 aliphatic heterocycles. The fraction of sp³-hybridized carbons (Fsp3) is 0.526. The third kappa shape index (κ3) is 4.14. The number of hydrogen-bond donors (Lipinski definition) is 1. The Hall–Kier alpha value is -2.09. The van der Waals surface area contributed by atoms with E-state index in [0.29, 0.717) is 11.3 Å². The number of halogens is 5. The standard InChI is InChI=1S/C19H21F5N4O3S/c1-2-32(29,30)28-8-10-7-27(9-15(10)26-28)16-6-14(25)17(31-18(16)19(22,23)24)12-5-11(20)3-4-13(12)21/h3-5,8,14,16-18H,2,6-7,9,25H2,1H3/t14?,16?,17-,18?/m1/s1. The highest BCUT2D eigenvalue weighted by Crippen LogP contribution is 2.42. The first-order valence-electron chi connectivity index (χ1n) is 9.88. The molecule has 3 unspecified atom stereocenters. The smallest absolute Gasteiger partial charge is 0.357 e. The van der Waals surface area contributed by atoms with E-state index >= 15 is 0 Å². The summed E-state index contributed by atoms with van der Waals surface area (Å²) in [6, 6.07) is 0.233. The topological polar surface area (TPSA) is 90.5 Å². The Balaban J connectivity index is 1.59. The third-order valence-electron chi connectivity index (χ3n) is 5.83. The van der Waals surface area contributed by atoms with Gasteiger partial charge in [0.15, 0.2) is 6.10 Å². The molecule has 4 atom stereocenters. The quantitative estimate of drug-likeness (QED) is 0.677. The molecular weight excluding hydrogens is 459 g/mol. The van der Waals surface area contributed by atoms with Crippen LogP contribution in [-0.4, -0.2) is 52.6 Å². The molecule has 4 rings (SSSR count). The first kappa shape index (κ1) is 23.1. The lowest BCUT2D eigenvalue weighted by Gasteiger charge is -2.44. The average Bonchev–Trinajstić information content (AvgIpc) is 3.28. The normalized spacial score (nSPS) is 27.0. The molecule has 0 aliphatic carbocycles. The highest BCUT2D eigenvalue weighted by molar-refractivity contribution is 7.89. The van der Waals surface area contributed by atoms with Crippen LogP contribution in [0.2, 0.25) is 0 Å². The van der Waals surface area contributed by atoms with E-state index in [-0.39, 0.29) is 30.8 Å². The number of benzene rings is 1. The van der Waals surface area contributed by atoms with Crippen LogP contribution in [0.1, 0.15) is 36.3 Å². The number of nitrogens with zero attached hydrogens (tertiary/aromatic N) is 3. The van der Waals surface area contributed by atoms with Crippen LogP contribution in [0, 0.1) is 11.6 Å². The second-order valence-corrected chi connectivity index (χ2v) is 10.0. The van der Waals surface area contributed by atoms with E-state index in [4.69, 9.17) is 10.5 Å². The summed E-state index contributed by atoms with van der Waals surface area (Å²) in [4.78, 5) is 1.47. The summed E-state index contributed by atoms with van der Waals surface area (Å²) in [5.41, 5.74) is 6.55. The molecule has 176 valence electrons. The van der Waals surface area contributed by atoms with Gasteiger partial charge in [-0.05, 0) is 31.5 Å². The van der Waals surface area contributed by atoms with E-state index < -0.39 is 52.1 Å². The summed E-state index contributed by atoms with van der Waals surface area (Å²) >= 11 is 0. The molecule has 1 aromatic carbocycles. The molecule has 2 aromatic rings. The van der Waals surface area contributed by atoms with Crippen LogP contribution >= 0.6 is 0 Å². The van der Waals surface area contributed by atoms with E-state index in [1.807, 2.05) is 0 Å². The average molecular weight is 480 g/mol. The Kier molecular flexibility index (Phi) is 5.80. The number of hydrogen-bond acceptors (Lipinski definition) is 6. The van der Waals surface area contributed by atoms with Gasteiger partial charge in [-0.3, -0.25) is 4.90 Å². The van der Waals surface area contributed by atoms with Crippen molar-refractivity contribution in [2.45, 2.75) is 56.9 Å². The predicted octanol–water partition coefficient (Wildman–Crippen LogP) is 2.46. The first-order chi connectivity index (χ1) is 14.9. The number of aromatic nitrogens is 2. The van der Waals surface area contributed by atoms with Crippen molar-refractivity contribution in [2.75, 3.05) is 5.75 Å². The number of ether oxygens (including phenoxy) is 1. The summed E-state index contributed by atoms with van der Waals surface area (Å²) in [6.45, 7) is 1.47. The Bertz CT molecular complexity index is 1100. The maximum Gasteiger partial charge on any atom is 0.416 e. The van der Waals surface area contributed by atoms with Gasteiger partial charge in [0, 0.05) is 42.5 Å². The summed E-state index contributed by atoms with van der Waals surface area (Å²) in [6.07, 6.45) is -7.46. The molecule has 1 fully saturated rings. The Morgan fingerprint density at radius 2 is 1.97 bits per heavy atom. The number of fused-ring (bicyclic) bond motifs is 1. The second-order valence-electron chi connectivity index (χ2n) is 7.93. The zero-order chi connectivity index (χ0) is 23.4. The van der Waals surface area contributed by atoms with E-state index in [1.165, 1.54) is 18.0 Å². The summed E-state index contributed by atoms with van der Waals surface area (Å²) in [5, 5.41) is 4.01. The molecule has 7 nitrogen and oxygen atoms in total. The summed E-state index contributed by atoms with van der Waals surface area (Å²) in [7, 11) is -3.61. The maximum absolute atomic E-state index is 14.2. The number of alkyl halides is 3. The van der Waals surface area contributed by atoms with Crippen molar-refractivity contribution in [3.63, 3.8) is 0 Å².